The number of rotatable bonds is 38. The highest BCUT2D eigenvalue weighted by atomic mass is 16.7. The van der Waals surface area contributed by atoms with Crippen LogP contribution in [-0.2, 0) is 28.5 Å². The molecule has 0 aromatic rings. The molecule has 10 heteroatoms. The molecule has 0 aromatic carbocycles. The number of aliphatic hydroxyl groups excluding tert-OH is 4. The van der Waals surface area contributed by atoms with Crippen LogP contribution in [0.25, 0.3) is 0 Å². The molecule has 1 rings (SSSR count). The van der Waals surface area contributed by atoms with E-state index in [1.54, 1.807) is 0 Å². The minimum atomic E-state index is -1.59. The van der Waals surface area contributed by atoms with E-state index in [0.29, 0.717) is 6.42 Å². The molecule has 0 saturated carbocycles. The van der Waals surface area contributed by atoms with Crippen molar-refractivity contribution in [3.8, 4) is 0 Å². The van der Waals surface area contributed by atoms with E-state index in [1.807, 2.05) is 0 Å². The Balaban J connectivity index is 2.31. The Labute approximate surface area is 335 Å². The molecule has 0 spiro atoms. The predicted molar refractivity (Wildman–Crippen MR) is 220 cm³/mol. The van der Waals surface area contributed by atoms with Gasteiger partial charge in [0.2, 0.25) is 0 Å². The zero-order valence-corrected chi connectivity index (χ0v) is 35.2. The molecule has 1 saturated heterocycles. The lowest BCUT2D eigenvalue weighted by Crippen LogP contribution is -2.59. The number of carbonyl (C=O) groups is 2. The third-order valence-corrected chi connectivity index (χ3v) is 10.7. The molecule has 0 aromatic heterocycles. The van der Waals surface area contributed by atoms with E-state index < -0.39 is 49.4 Å². The fraction of sp³-hybridized carbons (Fsp3) is 0.911. The third kappa shape index (κ3) is 28.5. The molecule has 0 bridgehead atoms. The first-order valence-electron chi connectivity index (χ1n) is 22.8. The number of ether oxygens (including phenoxy) is 4. The van der Waals surface area contributed by atoms with Gasteiger partial charge in [-0.1, -0.05) is 167 Å². The SMILES string of the molecule is CCCCCCCCC/C=C\CCCCCCCCCC(=O)OC(COC(=O)CCCCCCCCCCCCCC)COC1OC(CO)C(O)C(O)C1O. The number of esters is 2. The first-order chi connectivity index (χ1) is 26.8. The van der Waals surface area contributed by atoms with Crippen molar-refractivity contribution in [2.75, 3.05) is 19.8 Å². The Hall–Kier alpha value is -1.56. The van der Waals surface area contributed by atoms with Crippen molar-refractivity contribution in [3.05, 3.63) is 12.2 Å². The number of aliphatic hydroxyl groups is 4. The summed E-state index contributed by atoms with van der Waals surface area (Å²) in [4.78, 5) is 25.3. The van der Waals surface area contributed by atoms with Gasteiger partial charge in [0.25, 0.3) is 0 Å². The van der Waals surface area contributed by atoms with Crippen molar-refractivity contribution >= 4 is 11.9 Å². The molecule has 10 nitrogen and oxygen atoms in total. The molecule has 1 heterocycles. The minimum absolute atomic E-state index is 0.214. The van der Waals surface area contributed by atoms with Gasteiger partial charge in [-0.15, -0.1) is 0 Å². The van der Waals surface area contributed by atoms with Crippen molar-refractivity contribution in [2.24, 2.45) is 0 Å². The van der Waals surface area contributed by atoms with Crippen LogP contribution in [-0.4, -0.2) is 89.0 Å². The van der Waals surface area contributed by atoms with Gasteiger partial charge in [0.1, 0.15) is 31.0 Å². The third-order valence-electron chi connectivity index (χ3n) is 10.7. The van der Waals surface area contributed by atoms with Crippen molar-refractivity contribution in [2.45, 2.75) is 243 Å². The minimum Gasteiger partial charge on any atom is -0.462 e. The summed E-state index contributed by atoms with van der Waals surface area (Å²) in [7, 11) is 0. The molecule has 324 valence electrons. The number of unbranched alkanes of at least 4 members (excludes halogenated alkanes) is 25. The smallest absolute Gasteiger partial charge is 0.306 e. The van der Waals surface area contributed by atoms with E-state index in [-0.39, 0.29) is 32.0 Å². The summed E-state index contributed by atoms with van der Waals surface area (Å²) in [6, 6.07) is 0. The molecule has 0 radical (unpaired) electrons. The maximum atomic E-state index is 12.8. The van der Waals surface area contributed by atoms with E-state index in [0.717, 1.165) is 44.9 Å². The molecule has 55 heavy (non-hydrogen) atoms. The largest absolute Gasteiger partial charge is 0.462 e. The number of allylic oxidation sites excluding steroid dienone is 2. The highest BCUT2D eigenvalue weighted by molar-refractivity contribution is 5.70. The number of carbonyl (C=O) groups excluding carboxylic acids is 2. The van der Waals surface area contributed by atoms with Crippen LogP contribution in [0.4, 0.5) is 0 Å². The normalized spacial score (nSPS) is 20.6. The Morgan fingerprint density at radius 2 is 0.964 bits per heavy atom. The summed E-state index contributed by atoms with van der Waals surface area (Å²) in [5, 5.41) is 40.0. The first kappa shape index (κ1) is 51.5. The lowest BCUT2D eigenvalue weighted by atomic mass is 9.99. The van der Waals surface area contributed by atoms with Crippen LogP contribution < -0.4 is 0 Å². The Morgan fingerprint density at radius 1 is 0.545 bits per heavy atom. The molecule has 0 aliphatic carbocycles. The van der Waals surface area contributed by atoms with Crippen molar-refractivity contribution < 1.29 is 49.0 Å². The lowest BCUT2D eigenvalue weighted by molar-refractivity contribution is -0.305. The maximum Gasteiger partial charge on any atom is 0.306 e. The molecule has 1 fully saturated rings. The Morgan fingerprint density at radius 3 is 1.42 bits per heavy atom. The van der Waals surface area contributed by atoms with E-state index in [2.05, 4.69) is 26.0 Å². The quantitative estimate of drug-likeness (QED) is 0.0271. The lowest BCUT2D eigenvalue weighted by Gasteiger charge is -2.39. The first-order valence-corrected chi connectivity index (χ1v) is 22.8. The molecule has 6 atom stereocenters. The van der Waals surface area contributed by atoms with Gasteiger partial charge < -0.3 is 39.4 Å². The second-order valence-electron chi connectivity index (χ2n) is 15.9. The number of hydrogen-bond donors (Lipinski definition) is 4. The summed E-state index contributed by atoms with van der Waals surface area (Å²) in [5.74, 6) is -0.803. The molecular weight excluding hydrogens is 700 g/mol. The van der Waals surface area contributed by atoms with E-state index in [1.165, 1.54) is 128 Å². The van der Waals surface area contributed by atoms with Crippen LogP contribution in [0.15, 0.2) is 12.2 Å². The predicted octanol–water partition coefficient (Wildman–Crippen LogP) is 9.56. The molecule has 4 N–H and O–H groups in total. The fourth-order valence-electron chi connectivity index (χ4n) is 7.01. The van der Waals surface area contributed by atoms with Gasteiger partial charge in [-0.25, -0.2) is 0 Å². The average Bonchev–Trinajstić information content (AvgIpc) is 3.18. The van der Waals surface area contributed by atoms with Crippen LogP contribution >= 0.6 is 0 Å². The highest BCUT2D eigenvalue weighted by Crippen LogP contribution is 2.23. The molecule has 1 aliphatic heterocycles. The average molecular weight is 785 g/mol. The van der Waals surface area contributed by atoms with Gasteiger partial charge in [-0.05, 0) is 38.5 Å². The van der Waals surface area contributed by atoms with Crippen molar-refractivity contribution in [1.29, 1.82) is 0 Å². The Bertz CT molecular complexity index is 912. The van der Waals surface area contributed by atoms with Gasteiger partial charge in [-0.2, -0.15) is 0 Å². The molecule has 6 unspecified atom stereocenters. The van der Waals surface area contributed by atoms with Gasteiger partial charge in [0.05, 0.1) is 13.2 Å². The van der Waals surface area contributed by atoms with Crippen LogP contribution in [0, 0.1) is 0 Å². The van der Waals surface area contributed by atoms with Gasteiger partial charge in [0.15, 0.2) is 12.4 Å². The fourth-order valence-corrected chi connectivity index (χ4v) is 7.01. The highest BCUT2D eigenvalue weighted by Gasteiger charge is 2.44. The van der Waals surface area contributed by atoms with E-state index in [4.69, 9.17) is 18.9 Å². The summed E-state index contributed by atoms with van der Waals surface area (Å²) >= 11 is 0. The van der Waals surface area contributed by atoms with Crippen LogP contribution in [0.2, 0.25) is 0 Å². The molecular formula is C45H84O10. The van der Waals surface area contributed by atoms with E-state index in [9.17, 15) is 30.0 Å². The zero-order valence-electron chi connectivity index (χ0n) is 35.2. The van der Waals surface area contributed by atoms with Crippen LogP contribution in [0.5, 0.6) is 0 Å². The van der Waals surface area contributed by atoms with Crippen molar-refractivity contribution in [3.63, 3.8) is 0 Å². The summed E-state index contributed by atoms with van der Waals surface area (Å²) in [6.07, 6.45) is 30.7. The standard InChI is InChI=1S/C45H84O10/c1-3-5-7-9-11-13-15-17-18-19-20-21-22-24-26-28-30-32-34-41(48)54-38(37-53-45-44(51)43(50)42(49)39(35-46)55-45)36-52-40(47)33-31-29-27-25-23-16-14-12-10-8-6-4-2/h18-19,38-39,42-46,49-51H,3-17,20-37H2,1-2H3/b19-18-. The monoisotopic (exact) mass is 785 g/mol. The number of hydrogen-bond acceptors (Lipinski definition) is 10. The van der Waals surface area contributed by atoms with Gasteiger partial charge >= 0.3 is 11.9 Å². The van der Waals surface area contributed by atoms with Crippen LogP contribution in [0.1, 0.15) is 206 Å². The zero-order chi connectivity index (χ0) is 40.2. The second-order valence-corrected chi connectivity index (χ2v) is 15.9. The molecule has 0 amide bonds. The maximum absolute atomic E-state index is 12.8. The Kier molecular flexibility index (Phi) is 34.4. The molecule has 1 aliphatic rings. The summed E-state index contributed by atoms with van der Waals surface area (Å²) in [5.41, 5.74) is 0. The summed E-state index contributed by atoms with van der Waals surface area (Å²) < 4.78 is 22.2. The van der Waals surface area contributed by atoms with Crippen molar-refractivity contribution in [1.82, 2.24) is 0 Å². The van der Waals surface area contributed by atoms with Gasteiger partial charge in [-0.3, -0.25) is 9.59 Å². The second kappa shape index (κ2) is 36.8. The summed E-state index contributed by atoms with van der Waals surface area (Å²) in [6.45, 7) is 3.43. The van der Waals surface area contributed by atoms with Crippen LogP contribution in [0.3, 0.4) is 0 Å². The topological polar surface area (TPSA) is 152 Å². The van der Waals surface area contributed by atoms with E-state index >= 15 is 0 Å². The van der Waals surface area contributed by atoms with Gasteiger partial charge in [0, 0.05) is 12.8 Å².